The first kappa shape index (κ1) is 27.4. The number of ether oxygens (including phenoxy) is 2. The Labute approximate surface area is 216 Å². The Hall–Kier alpha value is -1.14. The van der Waals surface area contributed by atoms with Crippen LogP contribution in [0, 0.1) is 0 Å². The fraction of sp³-hybridized carbons (Fsp3) is 0.586. The summed E-state index contributed by atoms with van der Waals surface area (Å²) >= 11 is 3.68. The molecule has 0 heterocycles. The highest BCUT2D eigenvalue weighted by Crippen LogP contribution is 2.43. The van der Waals surface area contributed by atoms with Crippen LogP contribution < -0.4 is 4.74 Å². The topological polar surface area (TPSA) is 27.7 Å². The van der Waals surface area contributed by atoms with Gasteiger partial charge in [-0.05, 0) is 77.7 Å². The van der Waals surface area contributed by atoms with E-state index >= 15 is 0 Å². The highest BCUT2D eigenvalue weighted by Gasteiger charge is 2.45. The summed E-state index contributed by atoms with van der Waals surface area (Å²) in [4.78, 5) is 0. The third-order valence-electron chi connectivity index (χ3n) is 7.50. The Morgan fingerprint density at radius 3 is 2.18 bits per heavy atom. The Morgan fingerprint density at radius 2 is 1.59 bits per heavy atom. The molecule has 188 valence electrons. The van der Waals surface area contributed by atoms with Crippen molar-refractivity contribution in [1.82, 2.24) is 0 Å². The third kappa shape index (κ3) is 5.97. The number of fused-ring (bicyclic) bond motifs is 1. The second-order valence-electron chi connectivity index (χ2n) is 10.4. The van der Waals surface area contributed by atoms with Gasteiger partial charge in [-0.15, -0.1) is 0 Å². The Bertz CT molecular complexity index is 888. The fourth-order valence-corrected chi connectivity index (χ4v) is 12.1. The van der Waals surface area contributed by atoms with Crippen molar-refractivity contribution in [3.05, 3.63) is 63.6 Å². The van der Waals surface area contributed by atoms with Gasteiger partial charge >= 0.3 is 0 Å². The standard InChI is InChI=1S/C29H43BrO3Si/c1-8-31-28(18-19-32-34(20(2)3,21(4)5)22(6)7)23-12-14-24(15-13-23)33-29-17-16-25-26(29)10-9-11-27(25)30/h9-15,20-22,28-29H,8,16-19H2,1-7H3/t28-,29+/m0/s1. The molecule has 0 aromatic heterocycles. The average Bonchev–Trinajstić information content (AvgIpc) is 3.20. The molecule has 34 heavy (non-hydrogen) atoms. The molecule has 2 aromatic rings. The van der Waals surface area contributed by atoms with E-state index in [1.54, 1.807) is 0 Å². The van der Waals surface area contributed by atoms with Crippen LogP contribution in [0.15, 0.2) is 46.9 Å². The van der Waals surface area contributed by atoms with Crippen LogP contribution in [0.2, 0.25) is 16.6 Å². The van der Waals surface area contributed by atoms with E-state index in [2.05, 4.69) is 107 Å². The van der Waals surface area contributed by atoms with Crippen LogP contribution in [0.1, 0.15) is 90.2 Å². The van der Waals surface area contributed by atoms with Gasteiger partial charge in [0.05, 0.1) is 6.10 Å². The van der Waals surface area contributed by atoms with E-state index in [4.69, 9.17) is 13.9 Å². The molecule has 0 spiro atoms. The van der Waals surface area contributed by atoms with Gasteiger partial charge in [0.1, 0.15) is 11.9 Å². The van der Waals surface area contributed by atoms with Gasteiger partial charge in [0.15, 0.2) is 8.32 Å². The minimum absolute atomic E-state index is 0.0420. The molecule has 0 aliphatic heterocycles. The lowest BCUT2D eigenvalue weighted by Gasteiger charge is -2.42. The molecule has 0 radical (unpaired) electrons. The monoisotopic (exact) mass is 546 g/mol. The summed E-state index contributed by atoms with van der Waals surface area (Å²) in [6, 6.07) is 14.9. The summed E-state index contributed by atoms with van der Waals surface area (Å²) in [7, 11) is -1.86. The quantitative estimate of drug-likeness (QED) is 0.248. The number of hydrogen-bond donors (Lipinski definition) is 0. The molecule has 0 saturated heterocycles. The zero-order chi connectivity index (χ0) is 24.9. The molecular formula is C29H43BrO3Si. The van der Waals surface area contributed by atoms with Crippen molar-refractivity contribution < 1.29 is 13.9 Å². The Kier molecular flexibility index (Phi) is 9.85. The summed E-state index contributed by atoms with van der Waals surface area (Å²) < 4.78 is 20.5. The smallest absolute Gasteiger partial charge is 0.200 e. The zero-order valence-corrected chi connectivity index (χ0v) is 24.7. The van der Waals surface area contributed by atoms with Crippen molar-refractivity contribution in [1.29, 1.82) is 0 Å². The van der Waals surface area contributed by atoms with E-state index in [0.29, 0.717) is 23.2 Å². The predicted molar refractivity (Wildman–Crippen MR) is 148 cm³/mol. The summed E-state index contributed by atoms with van der Waals surface area (Å²) in [5, 5.41) is 0. The van der Waals surface area contributed by atoms with Crippen molar-refractivity contribution in [3.63, 3.8) is 0 Å². The van der Waals surface area contributed by atoms with Gasteiger partial charge in [-0.3, -0.25) is 0 Å². The van der Waals surface area contributed by atoms with Crippen LogP contribution in [-0.2, 0) is 15.6 Å². The number of benzene rings is 2. The molecule has 0 unspecified atom stereocenters. The SMILES string of the molecule is CCO[C@@H](CCO[Si](C(C)C)(C(C)C)C(C)C)c1ccc(O[C@@H]2CCc3c(Br)cccc32)cc1. The van der Waals surface area contributed by atoms with Crippen molar-refractivity contribution in [2.24, 2.45) is 0 Å². The lowest BCUT2D eigenvalue weighted by atomic mass is 10.1. The molecule has 0 N–H and O–H groups in total. The van der Waals surface area contributed by atoms with E-state index in [-0.39, 0.29) is 12.2 Å². The van der Waals surface area contributed by atoms with Crippen LogP contribution in [0.5, 0.6) is 5.75 Å². The molecule has 1 aliphatic carbocycles. The van der Waals surface area contributed by atoms with Gasteiger partial charge in [0.25, 0.3) is 0 Å². The molecule has 3 rings (SSSR count). The second-order valence-corrected chi connectivity index (χ2v) is 16.7. The highest BCUT2D eigenvalue weighted by atomic mass is 79.9. The van der Waals surface area contributed by atoms with E-state index < -0.39 is 8.32 Å². The number of rotatable bonds is 12. The summed E-state index contributed by atoms with van der Waals surface area (Å²) in [6.45, 7) is 17.5. The molecule has 0 fully saturated rings. The van der Waals surface area contributed by atoms with Crippen molar-refractivity contribution in [2.45, 2.75) is 96.6 Å². The van der Waals surface area contributed by atoms with Gasteiger partial charge in [0, 0.05) is 17.7 Å². The largest absolute Gasteiger partial charge is 0.486 e. The van der Waals surface area contributed by atoms with E-state index in [9.17, 15) is 0 Å². The van der Waals surface area contributed by atoms with Gasteiger partial charge in [-0.25, -0.2) is 0 Å². The molecule has 5 heteroatoms. The van der Waals surface area contributed by atoms with Gasteiger partial charge in [0.2, 0.25) is 0 Å². The molecule has 0 amide bonds. The van der Waals surface area contributed by atoms with Gasteiger partial charge in [-0.2, -0.15) is 0 Å². The summed E-state index contributed by atoms with van der Waals surface area (Å²) in [5.74, 6) is 0.916. The first-order chi connectivity index (χ1) is 16.2. The van der Waals surface area contributed by atoms with E-state index in [0.717, 1.165) is 31.6 Å². The summed E-state index contributed by atoms with van der Waals surface area (Å²) in [5.41, 5.74) is 5.65. The van der Waals surface area contributed by atoms with Crippen molar-refractivity contribution in [3.8, 4) is 5.75 Å². The molecule has 2 aromatic carbocycles. The second kappa shape index (κ2) is 12.2. The van der Waals surface area contributed by atoms with Gasteiger partial charge in [-0.1, -0.05) is 81.7 Å². The molecule has 1 aliphatic rings. The summed E-state index contributed by atoms with van der Waals surface area (Å²) in [6.07, 6.45) is 3.11. The lowest BCUT2D eigenvalue weighted by Crippen LogP contribution is -2.48. The maximum absolute atomic E-state index is 6.80. The minimum atomic E-state index is -1.86. The highest BCUT2D eigenvalue weighted by molar-refractivity contribution is 9.10. The molecule has 0 bridgehead atoms. The van der Waals surface area contributed by atoms with Crippen LogP contribution in [-0.4, -0.2) is 21.5 Å². The number of halogens is 1. The molecule has 2 atom stereocenters. The maximum atomic E-state index is 6.80. The van der Waals surface area contributed by atoms with E-state index in [1.165, 1.54) is 21.2 Å². The fourth-order valence-electron chi connectivity index (χ4n) is 6.01. The lowest BCUT2D eigenvalue weighted by molar-refractivity contribution is 0.0439. The molecule has 0 saturated carbocycles. The first-order valence-electron chi connectivity index (χ1n) is 13.0. The zero-order valence-electron chi connectivity index (χ0n) is 22.1. The normalized spacial score (nSPS) is 17.0. The van der Waals surface area contributed by atoms with E-state index in [1.807, 2.05) is 0 Å². The predicted octanol–water partition coefficient (Wildman–Crippen LogP) is 9.18. The van der Waals surface area contributed by atoms with Crippen LogP contribution >= 0.6 is 15.9 Å². The third-order valence-corrected chi connectivity index (χ3v) is 14.4. The average molecular weight is 548 g/mol. The Morgan fingerprint density at radius 1 is 0.941 bits per heavy atom. The van der Waals surface area contributed by atoms with Crippen molar-refractivity contribution in [2.75, 3.05) is 13.2 Å². The first-order valence-corrected chi connectivity index (χ1v) is 15.9. The molecule has 3 nitrogen and oxygen atoms in total. The van der Waals surface area contributed by atoms with Crippen LogP contribution in [0.25, 0.3) is 0 Å². The van der Waals surface area contributed by atoms with Crippen molar-refractivity contribution >= 4 is 24.2 Å². The molecular weight excluding hydrogens is 504 g/mol. The minimum Gasteiger partial charge on any atom is -0.486 e. The van der Waals surface area contributed by atoms with Crippen LogP contribution in [0.4, 0.5) is 0 Å². The van der Waals surface area contributed by atoms with Crippen LogP contribution in [0.3, 0.4) is 0 Å². The maximum Gasteiger partial charge on any atom is 0.200 e. The number of hydrogen-bond acceptors (Lipinski definition) is 3. The van der Waals surface area contributed by atoms with Gasteiger partial charge < -0.3 is 13.9 Å². The Balaban J connectivity index is 1.65.